The highest BCUT2D eigenvalue weighted by molar-refractivity contribution is 5.71. The van der Waals surface area contributed by atoms with Crippen molar-refractivity contribution in [3.63, 3.8) is 0 Å². The van der Waals surface area contributed by atoms with Gasteiger partial charge in [0.05, 0.1) is 0 Å². The molecule has 0 aromatic heterocycles. The van der Waals surface area contributed by atoms with Crippen LogP contribution in [0.4, 0.5) is 0 Å². The molecule has 0 fully saturated rings. The molecule has 0 saturated carbocycles. The van der Waals surface area contributed by atoms with Gasteiger partial charge in [0.1, 0.15) is 13.2 Å². The molecule has 0 aliphatic carbocycles. The highest BCUT2D eigenvalue weighted by atomic mass is 16.6. The molecule has 6 nitrogen and oxygen atoms in total. The van der Waals surface area contributed by atoms with E-state index in [1.54, 1.807) is 0 Å². The second kappa shape index (κ2) is 70.6. The van der Waals surface area contributed by atoms with E-state index in [0.717, 1.165) is 77.0 Å². The fourth-order valence-corrected chi connectivity index (χ4v) is 10.7. The molecule has 1 atom stereocenters. The molecule has 0 aromatic rings. The minimum atomic E-state index is -0.780. The smallest absolute Gasteiger partial charge is 0.306 e. The van der Waals surface area contributed by atoms with E-state index in [1.807, 2.05) is 0 Å². The van der Waals surface area contributed by atoms with Gasteiger partial charge in [-0.25, -0.2) is 0 Å². The van der Waals surface area contributed by atoms with E-state index in [9.17, 15) is 14.4 Å². The van der Waals surface area contributed by atoms with Crippen LogP contribution in [0.5, 0.6) is 0 Å². The molecule has 0 aliphatic heterocycles. The monoisotopic (exact) mass is 1150 g/mol. The lowest BCUT2D eigenvalue weighted by Crippen LogP contribution is -2.30. The maximum atomic E-state index is 13.0. The summed E-state index contributed by atoms with van der Waals surface area (Å²) in [5, 5.41) is 0. The van der Waals surface area contributed by atoms with E-state index in [-0.39, 0.29) is 31.1 Å². The average Bonchev–Trinajstić information content (AvgIpc) is 3.48. The largest absolute Gasteiger partial charge is 0.462 e. The number of hydrogen-bond acceptors (Lipinski definition) is 6. The first kappa shape index (κ1) is 79.1. The Kier molecular flexibility index (Phi) is 68.1. The van der Waals surface area contributed by atoms with Crippen molar-refractivity contribution >= 4 is 17.9 Å². The van der Waals surface area contributed by atoms with Crippen molar-refractivity contribution in [1.82, 2.24) is 0 Å². The molecule has 0 spiro atoms. The predicted molar refractivity (Wildman–Crippen MR) is 358 cm³/mol. The van der Waals surface area contributed by atoms with Gasteiger partial charge in [-0.1, -0.05) is 319 Å². The van der Waals surface area contributed by atoms with E-state index in [1.165, 1.54) is 270 Å². The molecule has 1 unspecified atom stereocenters. The maximum absolute atomic E-state index is 13.0. The van der Waals surface area contributed by atoms with Crippen LogP contribution in [0.3, 0.4) is 0 Å². The van der Waals surface area contributed by atoms with E-state index in [0.29, 0.717) is 19.3 Å². The van der Waals surface area contributed by atoms with Gasteiger partial charge in [-0.2, -0.15) is 0 Å². The van der Waals surface area contributed by atoms with Crippen LogP contribution in [0.1, 0.15) is 387 Å². The number of allylic oxidation sites excluding steroid dienone is 10. The maximum Gasteiger partial charge on any atom is 0.306 e. The summed E-state index contributed by atoms with van der Waals surface area (Å²) in [6.45, 7) is 6.65. The summed E-state index contributed by atoms with van der Waals surface area (Å²) in [7, 11) is 0. The molecule has 0 rings (SSSR count). The normalized spacial score (nSPS) is 12.4. The van der Waals surface area contributed by atoms with Crippen LogP contribution in [0.25, 0.3) is 0 Å². The number of rotatable bonds is 67. The molecular formula is C76H138O6. The topological polar surface area (TPSA) is 78.9 Å². The van der Waals surface area contributed by atoms with Gasteiger partial charge in [0.2, 0.25) is 0 Å². The Bertz CT molecular complexity index is 1460. The van der Waals surface area contributed by atoms with E-state index in [2.05, 4.69) is 81.5 Å². The van der Waals surface area contributed by atoms with Gasteiger partial charge in [-0.15, -0.1) is 0 Å². The van der Waals surface area contributed by atoms with Crippen LogP contribution >= 0.6 is 0 Å². The zero-order valence-electron chi connectivity index (χ0n) is 55.0. The van der Waals surface area contributed by atoms with E-state index >= 15 is 0 Å². The Morgan fingerprint density at radius 3 is 0.720 bits per heavy atom. The molecule has 0 bridgehead atoms. The number of carbonyl (C=O) groups excluding carboxylic acids is 3. The molecule has 0 radical (unpaired) electrons. The second-order valence-corrected chi connectivity index (χ2v) is 24.5. The molecule has 0 amide bonds. The molecule has 0 saturated heterocycles. The Labute approximate surface area is 510 Å². The van der Waals surface area contributed by atoms with Crippen molar-refractivity contribution in [2.75, 3.05) is 13.2 Å². The van der Waals surface area contributed by atoms with Gasteiger partial charge < -0.3 is 14.2 Å². The van der Waals surface area contributed by atoms with Gasteiger partial charge in [-0.05, 0) is 109 Å². The van der Waals surface area contributed by atoms with Crippen LogP contribution < -0.4 is 0 Å². The Morgan fingerprint density at radius 1 is 0.244 bits per heavy atom. The summed E-state index contributed by atoms with van der Waals surface area (Å²) in [4.78, 5) is 38.4. The quantitative estimate of drug-likeness (QED) is 0.0261. The molecule has 0 aromatic carbocycles. The number of hydrogen-bond donors (Lipinski definition) is 0. The van der Waals surface area contributed by atoms with Crippen LogP contribution in [0, 0.1) is 0 Å². The molecular weight excluding hydrogens is 1010 g/mol. The Hall–Kier alpha value is -2.89. The number of ether oxygens (including phenoxy) is 3. The van der Waals surface area contributed by atoms with Crippen molar-refractivity contribution in [1.29, 1.82) is 0 Å². The van der Waals surface area contributed by atoms with Gasteiger partial charge in [0.15, 0.2) is 6.10 Å². The molecule has 0 heterocycles. The molecule has 6 heteroatoms. The fourth-order valence-electron chi connectivity index (χ4n) is 10.7. The molecule has 478 valence electrons. The highest BCUT2D eigenvalue weighted by Crippen LogP contribution is 2.18. The number of unbranched alkanes of at least 4 members (excludes halogenated alkanes) is 46. The van der Waals surface area contributed by atoms with Crippen LogP contribution in [0.2, 0.25) is 0 Å². The highest BCUT2D eigenvalue weighted by Gasteiger charge is 2.19. The minimum Gasteiger partial charge on any atom is -0.462 e. The van der Waals surface area contributed by atoms with E-state index in [4.69, 9.17) is 14.2 Å². The van der Waals surface area contributed by atoms with Crippen molar-refractivity contribution in [2.24, 2.45) is 0 Å². The summed E-state index contributed by atoms with van der Waals surface area (Å²) >= 11 is 0. The number of carbonyl (C=O) groups is 3. The van der Waals surface area contributed by atoms with Crippen molar-refractivity contribution in [3.8, 4) is 0 Å². The molecule has 0 N–H and O–H groups in total. The van der Waals surface area contributed by atoms with Crippen LogP contribution in [0.15, 0.2) is 60.8 Å². The van der Waals surface area contributed by atoms with E-state index < -0.39 is 6.10 Å². The Balaban J connectivity index is 4.22. The van der Waals surface area contributed by atoms with Crippen LogP contribution in [-0.2, 0) is 28.6 Å². The summed E-state index contributed by atoms with van der Waals surface area (Å²) in [6.07, 6.45) is 91.2. The average molecular weight is 1150 g/mol. The second-order valence-electron chi connectivity index (χ2n) is 24.5. The third-order valence-corrected chi connectivity index (χ3v) is 16.2. The number of esters is 3. The SMILES string of the molecule is CCCCC/C=C\CCCCCCCC(=O)OCC(COC(=O)CCCCCCCCCCCCCCCCC/C=C\CCCCCCCCCC)OC(=O)CCCCCCCCCCCC/C=C\C/C=C\C/C=C\CCCCCCC. The van der Waals surface area contributed by atoms with Crippen LogP contribution in [-0.4, -0.2) is 37.2 Å². The lowest BCUT2D eigenvalue weighted by molar-refractivity contribution is -0.167. The first-order valence-electron chi connectivity index (χ1n) is 36.3. The predicted octanol–water partition coefficient (Wildman–Crippen LogP) is 25.1. The zero-order valence-corrected chi connectivity index (χ0v) is 55.0. The lowest BCUT2D eigenvalue weighted by Gasteiger charge is -2.18. The zero-order chi connectivity index (χ0) is 59.2. The Morgan fingerprint density at radius 2 is 0.439 bits per heavy atom. The third-order valence-electron chi connectivity index (χ3n) is 16.2. The van der Waals surface area contributed by atoms with Crippen molar-refractivity contribution in [3.05, 3.63) is 60.8 Å². The standard InChI is InChI=1S/C76H138O6/c1-4-7-10-13-16-19-22-25-27-29-31-33-35-37-38-40-41-43-45-47-49-51-54-57-60-63-66-69-75(78)81-72-73(71-80-74(77)68-65-62-59-56-53-24-21-18-15-12-9-6-3)82-76(79)70-67-64-61-58-55-52-50-48-46-44-42-39-36-34-32-30-28-26-23-20-17-14-11-8-5-2/h18,21,23,26,29-32,36,39,73H,4-17,19-20,22,24-25,27-28,33-35,37-38,40-72H2,1-3H3/b21-18-,26-23-,31-29-,32-30-,39-36-. The van der Waals surface area contributed by atoms with Crippen molar-refractivity contribution in [2.45, 2.75) is 393 Å². The summed E-state index contributed by atoms with van der Waals surface area (Å²) in [5.74, 6) is -0.866. The van der Waals surface area contributed by atoms with Gasteiger partial charge >= 0.3 is 17.9 Å². The lowest BCUT2D eigenvalue weighted by atomic mass is 10.0. The minimum absolute atomic E-state index is 0.0752. The molecule has 0 aliphatic rings. The first-order valence-corrected chi connectivity index (χ1v) is 36.3. The van der Waals surface area contributed by atoms with Crippen molar-refractivity contribution < 1.29 is 28.6 Å². The summed E-state index contributed by atoms with van der Waals surface area (Å²) in [5.41, 5.74) is 0. The first-order chi connectivity index (χ1) is 40.5. The summed E-state index contributed by atoms with van der Waals surface area (Å²) in [6, 6.07) is 0. The summed E-state index contributed by atoms with van der Waals surface area (Å²) < 4.78 is 17.0. The third kappa shape index (κ3) is 67.9. The molecule has 82 heavy (non-hydrogen) atoms. The van der Waals surface area contributed by atoms with Gasteiger partial charge in [0.25, 0.3) is 0 Å². The van der Waals surface area contributed by atoms with Gasteiger partial charge in [0, 0.05) is 19.3 Å². The fraction of sp³-hybridized carbons (Fsp3) is 0.829. The van der Waals surface area contributed by atoms with Gasteiger partial charge in [-0.3, -0.25) is 14.4 Å².